The minimum Gasteiger partial charge on any atom is -0.505 e. The van der Waals surface area contributed by atoms with Crippen LogP contribution in [0.2, 0.25) is 5.02 Å². The van der Waals surface area contributed by atoms with Crippen molar-refractivity contribution < 1.29 is 9.90 Å². The average Bonchev–Trinajstić information content (AvgIpc) is 2.57. The third-order valence-corrected chi connectivity index (χ3v) is 3.65. The molecular weight excluding hydrogens is 326 g/mol. The number of rotatable bonds is 2. The van der Waals surface area contributed by atoms with Crippen LogP contribution in [0.5, 0.6) is 5.75 Å². The van der Waals surface area contributed by atoms with Gasteiger partial charge >= 0.3 is 0 Å². The van der Waals surface area contributed by atoms with Crippen LogP contribution in [0.15, 0.2) is 48.7 Å². The van der Waals surface area contributed by atoms with Gasteiger partial charge in [-0.2, -0.15) is 5.26 Å². The van der Waals surface area contributed by atoms with Crippen molar-refractivity contribution in [2.24, 2.45) is 0 Å². The lowest BCUT2D eigenvalue weighted by molar-refractivity contribution is 0.102. The van der Waals surface area contributed by atoms with Gasteiger partial charge in [0.2, 0.25) is 0 Å². The Hall–Kier alpha value is -3.10. The molecule has 3 rings (SSSR count). The van der Waals surface area contributed by atoms with Crippen LogP contribution in [0, 0.1) is 11.3 Å². The van der Waals surface area contributed by atoms with Crippen LogP contribution in [-0.4, -0.2) is 16.0 Å². The Morgan fingerprint density at radius 3 is 2.75 bits per heavy atom. The number of phenols is 1. The van der Waals surface area contributed by atoms with Crippen LogP contribution in [0.3, 0.4) is 0 Å². The molecule has 5 nitrogen and oxygen atoms in total. The SMILES string of the molecule is C.N#Cc1ccc(NC(=O)c2ccc3cccnc3c2O)c(Cl)c1. The van der Waals surface area contributed by atoms with Gasteiger partial charge in [-0.05, 0) is 30.3 Å². The lowest BCUT2D eigenvalue weighted by Crippen LogP contribution is -2.12. The maximum absolute atomic E-state index is 12.4. The molecule has 0 radical (unpaired) electrons. The van der Waals surface area contributed by atoms with Crippen molar-refractivity contribution in [1.82, 2.24) is 4.98 Å². The molecule has 0 bridgehead atoms. The van der Waals surface area contributed by atoms with Crippen LogP contribution in [0.4, 0.5) is 5.69 Å². The van der Waals surface area contributed by atoms with Crippen molar-refractivity contribution in [3.63, 3.8) is 0 Å². The number of hydrogen-bond donors (Lipinski definition) is 2. The third-order valence-electron chi connectivity index (χ3n) is 3.34. The molecule has 1 heterocycles. The Balaban J connectivity index is 0.00000208. The van der Waals surface area contributed by atoms with E-state index in [0.29, 0.717) is 16.8 Å². The normalized spacial score (nSPS) is 9.83. The zero-order valence-corrected chi connectivity index (χ0v) is 12.5. The molecule has 0 unspecified atom stereocenters. The van der Waals surface area contributed by atoms with E-state index in [1.54, 1.807) is 30.5 Å². The highest BCUT2D eigenvalue weighted by atomic mass is 35.5. The van der Waals surface area contributed by atoms with Crippen LogP contribution in [-0.2, 0) is 0 Å². The van der Waals surface area contributed by atoms with Crippen molar-refractivity contribution in [3.05, 3.63) is 64.8 Å². The molecule has 0 saturated carbocycles. The predicted molar refractivity (Wildman–Crippen MR) is 94.3 cm³/mol. The highest BCUT2D eigenvalue weighted by Crippen LogP contribution is 2.29. The number of nitrogens with one attached hydrogen (secondary N) is 1. The van der Waals surface area contributed by atoms with Gasteiger partial charge in [-0.1, -0.05) is 31.2 Å². The predicted octanol–water partition coefficient (Wildman–Crippen LogP) is 4.35. The van der Waals surface area contributed by atoms with Gasteiger partial charge in [-0.25, -0.2) is 0 Å². The molecular formula is C18H14ClN3O2. The summed E-state index contributed by atoms with van der Waals surface area (Å²) in [6.07, 6.45) is 1.54. The van der Waals surface area contributed by atoms with Crippen LogP contribution >= 0.6 is 11.6 Å². The second-order valence-electron chi connectivity index (χ2n) is 4.80. The second kappa shape index (κ2) is 6.99. The summed E-state index contributed by atoms with van der Waals surface area (Å²) in [7, 11) is 0. The third kappa shape index (κ3) is 3.14. The number of pyridine rings is 1. The van der Waals surface area contributed by atoms with E-state index in [2.05, 4.69) is 10.3 Å². The van der Waals surface area contributed by atoms with Gasteiger partial charge in [-0.15, -0.1) is 0 Å². The highest BCUT2D eigenvalue weighted by molar-refractivity contribution is 6.34. The molecule has 0 aliphatic rings. The fraction of sp³-hybridized carbons (Fsp3) is 0.0556. The number of aromatic nitrogens is 1. The van der Waals surface area contributed by atoms with Crippen LogP contribution in [0.25, 0.3) is 10.9 Å². The molecule has 2 N–H and O–H groups in total. The lowest BCUT2D eigenvalue weighted by Gasteiger charge is -2.10. The maximum Gasteiger partial charge on any atom is 0.259 e. The van der Waals surface area contributed by atoms with Crippen molar-refractivity contribution in [1.29, 1.82) is 5.26 Å². The van der Waals surface area contributed by atoms with Crippen molar-refractivity contribution >= 4 is 34.1 Å². The lowest BCUT2D eigenvalue weighted by atomic mass is 10.1. The number of phenolic OH excluding ortho intramolecular Hbond substituents is 1. The number of anilines is 1. The molecule has 120 valence electrons. The summed E-state index contributed by atoms with van der Waals surface area (Å²) >= 11 is 6.03. The molecule has 1 amide bonds. The average molecular weight is 340 g/mol. The first-order valence-corrected chi connectivity index (χ1v) is 7.05. The first-order chi connectivity index (χ1) is 11.1. The van der Waals surface area contributed by atoms with E-state index in [1.807, 2.05) is 6.07 Å². The number of carbonyl (C=O) groups excluding carboxylic acids is 1. The molecule has 3 aromatic rings. The monoisotopic (exact) mass is 339 g/mol. The van der Waals surface area contributed by atoms with Crippen molar-refractivity contribution in [2.75, 3.05) is 5.32 Å². The van der Waals surface area contributed by atoms with Crippen molar-refractivity contribution in [2.45, 2.75) is 7.43 Å². The minimum absolute atomic E-state index is 0. The number of nitrogens with zero attached hydrogens (tertiary/aromatic N) is 2. The zero-order chi connectivity index (χ0) is 16.4. The molecule has 0 aliphatic heterocycles. The molecule has 0 aliphatic carbocycles. The quantitative estimate of drug-likeness (QED) is 0.726. The number of nitriles is 1. The van der Waals surface area contributed by atoms with Gasteiger partial charge in [0, 0.05) is 11.6 Å². The summed E-state index contributed by atoms with van der Waals surface area (Å²) in [5.41, 5.74) is 1.20. The summed E-state index contributed by atoms with van der Waals surface area (Å²) < 4.78 is 0. The standard InChI is InChI=1S/C17H10ClN3O2.CH4/c18-13-8-10(9-19)3-6-14(13)21-17(23)12-5-4-11-2-1-7-20-15(11)16(12)22;/h1-8,22H,(H,21,23);1H4. The topological polar surface area (TPSA) is 86.0 Å². The Bertz CT molecular complexity index is 964. The highest BCUT2D eigenvalue weighted by Gasteiger charge is 2.15. The van der Waals surface area contributed by atoms with E-state index < -0.39 is 5.91 Å². The molecule has 0 fully saturated rings. The largest absolute Gasteiger partial charge is 0.505 e. The van der Waals surface area contributed by atoms with E-state index in [1.165, 1.54) is 18.2 Å². The molecule has 1 aromatic heterocycles. The smallest absolute Gasteiger partial charge is 0.259 e. The van der Waals surface area contributed by atoms with Crippen molar-refractivity contribution in [3.8, 4) is 11.8 Å². The second-order valence-corrected chi connectivity index (χ2v) is 5.20. The fourth-order valence-corrected chi connectivity index (χ4v) is 2.42. The number of fused-ring (bicyclic) bond motifs is 1. The summed E-state index contributed by atoms with van der Waals surface area (Å²) in [6.45, 7) is 0. The molecule has 0 saturated heterocycles. The van der Waals surface area contributed by atoms with E-state index in [-0.39, 0.29) is 23.8 Å². The number of hydrogen-bond acceptors (Lipinski definition) is 4. The zero-order valence-electron chi connectivity index (χ0n) is 11.7. The summed E-state index contributed by atoms with van der Waals surface area (Å²) in [4.78, 5) is 16.4. The van der Waals surface area contributed by atoms with Crippen LogP contribution < -0.4 is 5.32 Å². The minimum atomic E-state index is -0.512. The van der Waals surface area contributed by atoms with Gasteiger partial charge < -0.3 is 10.4 Å². The number of carbonyl (C=O) groups is 1. The van der Waals surface area contributed by atoms with E-state index in [9.17, 15) is 9.90 Å². The number of halogens is 1. The number of amides is 1. The Kier molecular flexibility index (Phi) is 5.02. The van der Waals surface area contributed by atoms with Gasteiger partial charge in [0.25, 0.3) is 5.91 Å². The van der Waals surface area contributed by atoms with Gasteiger partial charge in [0.15, 0.2) is 5.75 Å². The van der Waals surface area contributed by atoms with E-state index in [0.717, 1.165) is 5.39 Å². The molecule has 24 heavy (non-hydrogen) atoms. The fourth-order valence-electron chi connectivity index (χ4n) is 2.19. The first kappa shape index (κ1) is 17.3. The summed E-state index contributed by atoms with van der Waals surface area (Å²) in [5, 5.41) is 22.7. The van der Waals surface area contributed by atoms with E-state index >= 15 is 0 Å². The summed E-state index contributed by atoms with van der Waals surface area (Å²) in [5.74, 6) is -0.702. The van der Waals surface area contributed by atoms with Gasteiger partial charge in [-0.3, -0.25) is 9.78 Å². The molecule has 2 aromatic carbocycles. The number of benzene rings is 2. The molecule has 0 spiro atoms. The maximum atomic E-state index is 12.4. The first-order valence-electron chi connectivity index (χ1n) is 6.68. The molecule has 0 atom stereocenters. The Morgan fingerprint density at radius 2 is 2.04 bits per heavy atom. The van der Waals surface area contributed by atoms with E-state index in [4.69, 9.17) is 16.9 Å². The summed E-state index contributed by atoms with van der Waals surface area (Å²) in [6, 6.07) is 13.3. The number of aromatic hydroxyl groups is 1. The van der Waals surface area contributed by atoms with Crippen LogP contribution in [0.1, 0.15) is 23.3 Å². The van der Waals surface area contributed by atoms with Gasteiger partial charge in [0.05, 0.1) is 27.9 Å². The Morgan fingerprint density at radius 1 is 1.25 bits per heavy atom. The molecule has 6 heteroatoms. The van der Waals surface area contributed by atoms with Gasteiger partial charge in [0.1, 0.15) is 5.52 Å². The Labute approximate surface area is 144 Å².